The predicted molar refractivity (Wildman–Crippen MR) is 145 cm³/mol. The zero-order valence-corrected chi connectivity index (χ0v) is 21.2. The van der Waals surface area contributed by atoms with Crippen LogP contribution in [0.4, 0.5) is 17.3 Å². The molecule has 8 nitrogen and oxygen atoms in total. The highest BCUT2D eigenvalue weighted by atomic mass is 32.2. The number of carbonyl (C=O) groups is 1. The van der Waals surface area contributed by atoms with Crippen LogP contribution in [0.15, 0.2) is 74.5 Å². The summed E-state index contributed by atoms with van der Waals surface area (Å²) < 4.78 is 0. The highest BCUT2D eigenvalue weighted by Gasteiger charge is 2.18. The largest absolute Gasteiger partial charge is 0.387 e. The van der Waals surface area contributed by atoms with Crippen molar-refractivity contribution in [2.24, 2.45) is 10.7 Å². The maximum absolute atomic E-state index is 12.7. The lowest BCUT2D eigenvalue weighted by Gasteiger charge is -2.32. The molecular formula is C25H27N7OS2. The number of anilines is 2. The molecule has 180 valence electrons. The third kappa shape index (κ3) is 6.61. The summed E-state index contributed by atoms with van der Waals surface area (Å²) in [6.07, 6.45) is 3.39. The van der Waals surface area contributed by atoms with E-state index < -0.39 is 0 Å². The Balaban J connectivity index is 1.50. The number of nitrogens with one attached hydrogen (secondary N) is 2. The van der Waals surface area contributed by atoms with Crippen LogP contribution in [0.2, 0.25) is 0 Å². The number of thioether (sulfide) groups is 1. The molecule has 4 N–H and O–H groups in total. The molecular weight excluding hydrogens is 478 g/mol. The Morgan fingerprint density at radius 2 is 1.91 bits per heavy atom. The first-order valence-electron chi connectivity index (χ1n) is 11.1. The average molecular weight is 506 g/mol. The topological polar surface area (TPSA) is 120 Å². The molecule has 1 fully saturated rings. The van der Waals surface area contributed by atoms with Crippen molar-refractivity contribution in [3.8, 4) is 0 Å². The Kier molecular flexibility index (Phi) is 8.04. The maximum atomic E-state index is 12.7. The first kappa shape index (κ1) is 24.7. The number of aliphatic imine (C=N–C) groups is 1. The fourth-order valence-corrected chi connectivity index (χ4v) is 4.77. The fraction of sp³-hybridized carbons (Fsp3) is 0.240. The van der Waals surface area contributed by atoms with Gasteiger partial charge in [-0.1, -0.05) is 12.1 Å². The molecule has 2 aromatic carbocycles. The molecule has 1 amide bonds. The fourth-order valence-electron chi connectivity index (χ4n) is 3.41. The highest BCUT2D eigenvalue weighted by molar-refractivity contribution is 7.99. The Hall–Kier alpha value is -3.37. The van der Waals surface area contributed by atoms with Crippen molar-refractivity contribution >= 4 is 58.3 Å². The number of amidine groups is 1. The van der Waals surface area contributed by atoms with Gasteiger partial charge in [-0.3, -0.25) is 4.79 Å². The normalized spacial score (nSPS) is 13.3. The lowest BCUT2D eigenvalue weighted by molar-refractivity contribution is 0.102. The van der Waals surface area contributed by atoms with Crippen LogP contribution in [0, 0.1) is 5.41 Å². The molecule has 1 aliphatic heterocycles. The number of hydrogen-bond acceptors (Lipinski definition) is 8. The number of rotatable bonds is 9. The van der Waals surface area contributed by atoms with Crippen molar-refractivity contribution < 1.29 is 4.79 Å². The minimum absolute atomic E-state index is 0.138. The summed E-state index contributed by atoms with van der Waals surface area (Å²) in [7, 11) is 0. The summed E-state index contributed by atoms with van der Waals surface area (Å²) >= 11 is 2.97. The second-order valence-electron chi connectivity index (χ2n) is 8.05. The van der Waals surface area contributed by atoms with E-state index >= 15 is 0 Å². The third-order valence-electron chi connectivity index (χ3n) is 5.24. The van der Waals surface area contributed by atoms with Gasteiger partial charge in [-0.2, -0.15) is 0 Å². The molecule has 0 aliphatic carbocycles. The van der Waals surface area contributed by atoms with Gasteiger partial charge >= 0.3 is 0 Å². The molecule has 2 heterocycles. The van der Waals surface area contributed by atoms with Crippen LogP contribution in [0.25, 0.3) is 0 Å². The van der Waals surface area contributed by atoms with Crippen LogP contribution in [0.3, 0.4) is 0 Å². The quantitative estimate of drug-likeness (QED) is 0.158. The first-order valence-corrected chi connectivity index (χ1v) is 13.2. The van der Waals surface area contributed by atoms with E-state index in [1.54, 1.807) is 18.7 Å². The predicted octanol–water partition coefficient (Wildman–Crippen LogP) is 5.23. The van der Waals surface area contributed by atoms with Gasteiger partial charge in [0.25, 0.3) is 5.91 Å². The summed E-state index contributed by atoms with van der Waals surface area (Å²) in [5, 5.41) is 11.2. The molecule has 1 saturated heterocycles. The average Bonchev–Trinajstić information content (AvgIpc) is 2.78. The van der Waals surface area contributed by atoms with Crippen LogP contribution in [-0.4, -0.2) is 46.8 Å². The molecule has 10 heteroatoms. The van der Waals surface area contributed by atoms with E-state index in [4.69, 9.17) is 16.1 Å². The van der Waals surface area contributed by atoms with Gasteiger partial charge in [0.05, 0.1) is 5.56 Å². The summed E-state index contributed by atoms with van der Waals surface area (Å²) in [4.78, 5) is 30.4. The number of benzene rings is 2. The van der Waals surface area contributed by atoms with Gasteiger partial charge in [0.1, 0.15) is 11.7 Å². The van der Waals surface area contributed by atoms with E-state index in [-0.39, 0.29) is 5.91 Å². The van der Waals surface area contributed by atoms with Crippen molar-refractivity contribution in [2.45, 2.75) is 34.7 Å². The molecule has 0 spiro atoms. The summed E-state index contributed by atoms with van der Waals surface area (Å²) in [5.74, 6) is 1.52. The van der Waals surface area contributed by atoms with Gasteiger partial charge in [-0.05, 0) is 67.8 Å². The van der Waals surface area contributed by atoms with Crippen LogP contribution in [0.5, 0.6) is 0 Å². The molecule has 0 saturated carbocycles. The standard InChI is InChI=1S/C25H27N7OS2/c1-16(26)14-21(27)29-22-15-23(32-12-5-13-32)31-25(30-22)35-18-10-8-17(9-11-18)28-24(33)19-6-3-4-7-20(19)34-2/h3-4,6-11,15,26H,5,12-14H2,1-2H3,(H,28,33)(H2,27,29,30,31). The SMILES string of the molecule is CSc1ccccc1C(=O)Nc1ccc(Sc2nc(N=C(N)CC(C)=N)cc(N3CCC3)n2)cc1. The van der Waals surface area contributed by atoms with Crippen LogP contribution in [-0.2, 0) is 0 Å². The number of amides is 1. The second-order valence-corrected chi connectivity index (χ2v) is 9.94. The van der Waals surface area contributed by atoms with Crippen molar-refractivity contribution in [2.75, 3.05) is 29.6 Å². The van der Waals surface area contributed by atoms with Gasteiger partial charge in [-0.25, -0.2) is 15.0 Å². The number of nitrogens with zero attached hydrogens (tertiary/aromatic N) is 4. The van der Waals surface area contributed by atoms with Crippen LogP contribution in [0.1, 0.15) is 30.1 Å². The van der Waals surface area contributed by atoms with E-state index in [2.05, 4.69) is 20.2 Å². The van der Waals surface area contributed by atoms with Crippen molar-refractivity contribution in [1.82, 2.24) is 9.97 Å². The minimum atomic E-state index is -0.138. The molecule has 35 heavy (non-hydrogen) atoms. The van der Waals surface area contributed by atoms with Gasteiger partial charge in [-0.15, -0.1) is 11.8 Å². The first-order chi connectivity index (χ1) is 16.9. The zero-order chi connectivity index (χ0) is 24.8. The Morgan fingerprint density at radius 1 is 1.17 bits per heavy atom. The monoisotopic (exact) mass is 505 g/mol. The second kappa shape index (κ2) is 11.4. The zero-order valence-electron chi connectivity index (χ0n) is 19.6. The summed E-state index contributed by atoms with van der Waals surface area (Å²) in [6.45, 7) is 3.60. The molecule has 1 aliphatic rings. The van der Waals surface area contributed by atoms with E-state index in [9.17, 15) is 4.79 Å². The van der Waals surface area contributed by atoms with Gasteiger partial charge < -0.3 is 21.4 Å². The Labute approximate surface area is 213 Å². The summed E-state index contributed by atoms with van der Waals surface area (Å²) in [6, 6.07) is 17.0. The van der Waals surface area contributed by atoms with Crippen molar-refractivity contribution in [3.05, 3.63) is 60.2 Å². The van der Waals surface area contributed by atoms with Gasteiger partial charge in [0, 0.05) is 46.8 Å². The smallest absolute Gasteiger partial charge is 0.256 e. The molecule has 0 radical (unpaired) electrons. The Bertz CT molecular complexity index is 1260. The molecule has 0 unspecified atom stereocenters. The molecule has 4 rings (SSSR count). The maximum Gasteiger partial charge on any atom is 0.256 e. The van der Waals surface area contributed by atoms with E-state index in [1.807, 2.05) is 60.9 Å². The van der Waals surface area contributed by atoms with Gasteiger partial charge in [0.2, 0.25) is 0 Å². The van der Waals surface area contributed by atoms with Crippen molar-refractivity contribution in [1.29, 1.82) is 5.41 Å². The summed E-state index contributed by atoms with van der Waals surface area (Å²) in [5.41, 5.74) is 7.80. The van der Waals surface area contributed by atoms with E-state index in [0.29, 0.717) is 40.2 Å². The van der Waals surface area contributed by atoms with E-state index in [0.717, 1.165) is 35.1 Å². The molecule has 1 aromatic heterocycles. The third-order valence-corrected chi connectivity index (χ3v) is 6.90. The highest BCUT2D eigenvalue weighted by Crippen LogP contribution is 2.31. The molecule has 0 bridgehead atoms. The molecule has 3 aromatic rings. The van der Waals surface area contributed by atoms with E-state index in [1.165, 1.54) is 11.8 Å². The van der Waals surface area contributed by atoms with Crippen LogP contribution < -0.4 is 16.0 Å². The minimum Gasteiger partial charge on any atom is -0.387 e. The lowest BCUT2D eigenvalue weighted by Crippen LogP contribution is -2.37. The lowest BCUT2D eigenvalue weighted by atomic mass is 10.2. The van der Waals surface area contributed by atoms with Crippen molar-refractivity contribution in [3.63, 3.8) is 0 Å². The number of nitrogens with two attached hydrogens (primary N) is 1. The molecule has 0 atom stereocenters. The van der Waals surface area contributed by atoms with Gasteiger partial charge in [0.15, 0.2) is 11.0 Å². The van der Waals surface area contributed by atoms with Crippen LogP contribution >= 0.6 is 23.5 Å². The number of carbonyl (C=O) groups excluding carboxylic acids is 1. The number of aromatic nitrogens is 2. The number of hydrogen-bond donors (Lipinski definition) is 3. The Morgan fingerprint density at radius 3 is 2.57 bits per heavy atom.